The first-order valence-electron chi connectivity index (χ1n) is 6.60. The van der Waals surface area contributed by atoms with Crippen molar-refractivity contribution in [3.8, 4) is 0 Å². The summed E-state index contributed by atoms with van der Waals surface area (Å²) in [7, 11) is 0. The van der Waals surface area contributed by atoms with Gasteiger partial charge in [-0.25, -0.2) is 9.97 Å². The van der Waals surface area contributed by atoms with Gasteiger partial charge in [0.25, 0.3) is 0 Å². The lowest BCUT2D eigenvalue weighted by Gasteiger charge is -1.98. The highest BCUT2D eigenvalue weighted by atomic mass is 79.9. The number of pyridine rings is 1. The van der Waals surface area contributed by atoms with Crippen LogP contribution < -0.4 is 5.32 Å². The van der Waals surface area contributed by atoms with Crippen LogP contribution in [0.1, 0.15) is 5.69 Å². The monoisotopic (exact) mass is 341 g/mol. The molecule has 0 fully saturated rings. The van der Waals surface area contributed by atoms with Gasteiger partial charge in [0, 0.05) is 16.9 Å². The highest BCUT2D eigenvalue weighted by Crippen LogP contribution is 2.15. The number of aromatic amines is 1. The highest BCUT2D eigenvalue weighted by Gasteiger charge is 2.04. The van der Waals surface area contributed by atoms with Crippen molar-refractivity contribution in [2.24, 2.45) is 0 Å². The summed E-state index contributed by atoms with van der Waals surface area (Å²) in [5.74, 6) is 0.759. The first-order chi connectivity index (χ1) is 10.3. The van der Waals surface area contributed by atoms with Gasteiger partial charge in [-0.15, -0.1) is 0 Å². The molecule has 104 valence electrons. The van der Waals surface area contributed by atoms with E-state index in [4.69, 9.17) is 0 Å². The number of fused-ring (bicyclic) bond motifs is 2. The molecule has 0 spiro atoms. The van der Waals surface area contributed by atoms with E-state index in [9.17, 15) is 0 Å². The fourth-order valence-corrected chi connectivity index (χ4v) is 2.67. The summed E-state index contributed by atoms with van der Waals surface area (Å²) in [6.45, 7) is 0.624. The van der Waals surface area contributed by atoms with Gasteiger partial charge in [0.1, 0.15) is 5.65 Å². The van der Waals surface area contributed by atoms with Gasteiger partial charge >= 0.3 is 0 Å². The van der Waals surface area contributed by atoms with E-state index in [-0.39, 0.29) is 0 Å². The number of nitrogens with zero attached hydrogens (tertiary/aromatic N) is 3. The number of hydrogen-bond acceptors (Lipinski definition) is 3. The van der Waals surface area contributed by atoms with Gasteiger partial charge in [-0.1, -0.05) is 12.1 Å². The molecule has 0 unspecified atom stereocenters. The first-order valence-corrected chi connectivity index (χ1v) is 7.39. The largest absolute Gasteiger partial charge is 0.350 e. The summed E-state index contributed by atoms with van der Waals surface area (Å²) in [5.41, 5.74) is 3.88. The summed E-state index contributed by atoms with van der Waals surface area (Å²) >= 11 is 3.46. The fraction of sp³-hybridized carbons (Fsp3) is 0.0667. The van der Waals surface area contributed by atoms with E-state index in [0.717, 1.165) is 32.8 Å². The molecule has 5 nitrogen and oxygen atoms in total. The first kappa shape index (κ1) is 12.4. The van der Waals surface area contributed by atoms with Crippen molar-refractivity contribution in [1.82, 2.24) is 19.4 Å². The Morgan fingerprint density at radius 3 is 2.90 bits per heavy atom. The fourth-order valence-electron chi connectivity index (χ4n) is 2.31. The Labute approximate surface area is 129 Å². The Kier molecular flexibility index (Phi) is 2.89. The van der Waals surface area contributed by atoms with Crippen LogP contribution in [0.4, 0.5) is 5.95 Å². The summed E-state index contributed by atoms with van der Waals surface area (Å²) in [6, 6.07) is 11.9. The van der Waals surface area contributed by atoms with E-state index in [1.165, 1.54) is 0 Å². The molecule has 4 rings (SSSR count). The Morgan fingerprint density at radius 2 is 2.00 bits per heavy atom. The maximum Gasteiger partial charge on any atom is 0.201 e. The predicted octanol–water partition coefficient (Wildman–Crippen LogP) is 3.59. The molecule has 0 saturated carbocycles. The summed E-state index contributed by atoms with van der Waals surface area (Å²) < 4.78 is 3.03. The average Bonchev–Trinajstić information content (AvgIpc) is 3.07. The quantitative estimate of drug-likeness (QED) is 0.598. The minimum absolute atomic E-state index is 0.624. The molecular weight excluding hydrogens is 330 g/mol. The van der Waals surface area contributed by atoms with Crippen molar-refractivity contribution < 1.29 is 0 Å². The molecule has 0 bridgehead atoms. The molecule has 0 amide bonds. The van der Waals surface area contributed by atoms with Crippen LogP contribution in [-0.4, -0.2) is 19.4 Å². The minimum atomic E-state index is 0.624. The molecule has 2 N–H and O–H groups in total. The molecule has 0 aliphatic carbocycles. The van der Waals surface area contributed by atoms with Gasteiger partial charge in [0.15, 0.2) is 0 Å². The lowest BCUT2D eigenvalue weighted by molar-refractivity contribution is 1.05. The van der Waals surface area contributed by atoms with Crippen molar-refractivity contribution in [2.45, 2.75) is 6.54 Å². The third-order valence-corrected chi connectivity index (χ3v) is 3.76. The molecule has 0 atom stereocenters. The van der Waals surface area contributed by atoms with Crippen LogP contribution in [0.25, 0.3) is 16.7 Å². The maximum absolute atomic E-state index is 4.56. The topological polar surface area (TPSA) is 58.0 Å². The number of aromatic nitrogens is 4. The smallest absolute Gasteiger partial charge is 0.201 e. The molecule has 0 aliphatic rings. The number of imidazole rings is 2. The van der Waals surface area contributed by atoms with E-state index in [0.29, 0.717) is 6.54 Å². The van der Waals surface area contributed by atoms with E-state index >= 15 is 0 Å². The second-order valence-electron chi connectivity index (χ2n) is 4.80. The van der Waals surface area contributed by atoms with Crippen LogP contribution in [0.3, 0.4) is 0 Å². The van der Waals surface area contributed by atoms with Gasteiger partial charge in [0.05, 0.1) is 23.3 Å². The third-order valence-electron chi connectivity index (χ3n) is 3.29. The molecule has 3 heterocycles. The van der Waals surface area contributed by atoms with E-state index in [2.05, 4.69) is 36.2 Å². The lowest BCUT2D eigenvalue weighted by atomic mass is 10.3. The standard InChI is InChI=1S/C15H12BrN5/c16-10-5-6-14-18-11(9-21(14)8-10)7-17-15-19-12-3-1-2-4-13(12)20-15/h1-6,8-9H,7H2,(H2,17,19,20). The van der Waals surface area contributed by atoms with Crippen molar-refractivity contribution in [1.29, 1.82) is 0 Å². The Morgan fingerprint density at radius 1 is 1.10 bits per heavy atom. The van der Waals surface area contributed by atoms with Crippen LogP contribution >= 0.6 is 15.9 Å². The number of anilines is 1. The molecule has 0 saturated heterocycles. The van der Waals surface area contributed by atoms with Gasteiger partial charge in [0.2, 0.25) is 5.95 Å². The van der Waals surface area contributed by atoms with Crippen LogP contribution in [-0.2, 0) is 6.54 Å². The zero-order valence-corrected chi connectivity index (χ0v) is 12.6. The van der Waals surface area contributed by atoms with Crippen LogP contribution in [0.2, 0.25) is 0 Å². The molecule has 21 heavy (non-hydrogen) atoms. The third kappa shape index (κ3) is 2.38. The molecular formula is C15H12BrN5. The number of H-pyrrole nitrogens is 1. The van der Waals surface area contributed by atoms with Gasteiger partial charge in [-0.2, -0.15) is 0 Å². The Bertz CT molecular complexity index is 891. The van der Waals surface area contributed by atoms with E-state index < -0.39 is 0 Å². The van der Waals surface area contributed by atoms with Gasteiger partial charge in [-0.3, -0.25) is 0 Å². The van der Waals surface area contributed by atoms with E-state index in [1.807, 2.05) is 53.2 Å². The van der Waals surface area contributed by atoms with Crippen LogP contribution in [0, 0.1) is 0 Å². The highest BCUT2D eigenvalue weighted by molar-refractivity contribution is 9.10. The second kappa shape index (κ2) is 4.89. The molecule has 1 aromatic carbocycles. The summed E-state index contributed by atoms with van der Waals surface area (Å²) in [6.07, 6.45) is 4.00. The second-order valence-corrected chi connectivity index (χ2v) is 5.72. The molecule has 6 heteroatoms. The van der Waals surface area contributed by atoms with Gasteiger partial charge < -0.3 is 14.7 Å². The van der Waals surface area contributed by atoms with E-state index in [1.54, 1.807) is 0 Å². The number of benzene rings is 1. The summed E-state index contributed by atoms with van der Waals surface area (Å²) in [4.78, 5) is 12.3. The molecule has 0 radical (unpaired) electrons. The van der Waals surface area contributed by atoms with Crippen LogP contribution in [0.5, 0.6) is 0 Å². The number of nitrogens with one attached hydrogen (secondary N) is 2. The normalized spacial score (nSPS) is 11.3. The van der Waals surface area contributed by atoms with Crippen molar-refractivity contribution in [3.05, 3.63) is 59.0 Å². The zero-order valence-electron chi connectivity index (χ0n) is 11.0. The van der Waals surface area contributed by atoms with Gasteiger partial charge in [-0.05, 0) is 40.2 Å². The zero-order chi connectivity index (χ0) is 14.2. The molecule has 4 aromatic rings. The number of halogens is 1. The predicted molar refractivity (Wildman–Crippen MR) is 86.3 cm³/mol. The maximum atomic E-state index is 4.56. The van der Waals surface area contributed by atoms with Crippen LogP contribution in [0.15, 0.2) is 53.3 Å². The van der Waals surface area contributed by atoms with Crippen molar-refractivity contribution >= 4 is 38.6 Å². The number of rotatable bonds is 3. The molecule has 3 aromatic heterocycles. The lowest BCUT2D eigenvalue weighted by Crippen LogP contribution is -2.00. The number of para-hydroxylation sites is 2. The number of hydrogen-bond donors (Lipinski definition) is 2. The van der Waals surface area contributed by atoms with Crippen molar-refractivity contribution in [3.63, 3.8) is 0 Å². The Balaban J connectivity index is 1.57. The average molecular weight is 342 g/mol. The SMILES string of the molecule is Brc1ccc2nc(CNc3nc4ccccc4[nH]3)cn2c1. The van der Waals surface area contributed by atoms with Crippen molar-refractivity contribution in [2.75, 3.05) is 5.32 Å². The summed E-state index contributed by atoms with van der Waals surface area (Å²) in [5, 5.41) is 3.27. The minimum Gasteiger partial charge on any atom is -0.350 e. The Hall–Kier alpha value is -2.34. The molecule has 0 aliphatic heterocycles.